The van der Waals surface area contributed by atoms with Gasteiger partial charge in [-0.15, -0.1) is 11.8 Å². The van der Waals surface area contributed by atoms with Gasteiger partial charge in [0.2, 0.25) is 0 Å². The number of amides is 3. The van der Waals surface area contributed by atoms with Crippen LogP contribution in [-0.2, 0) is 20.9 Å². The summed E-state index contributed by atoms with van der Waals surface area (Å²) in [7, 11) is 0. The molecule has 0 aromatic heterocycles. The van der Waals surface area contributed by atoms with Crippen molar-refractivity contribution in [3.05, 3.63) is 29.8 Å². The molecule has 1 N–H and O–H groups in total. The third kappa shape index (κ3) is 5.00. The van der Waals surface area contributed by atoms with Gasteiger partial charge in [-0.3, -0.25) is 14.5 Å². The van der Waals surface area contributed by atoms with Gasteiger partial charge < -0.3 is 10.1 Å². The smallest absolute Gasteiger partial charge is 0.326 e. The summed E-state index contributed by atoms with van der Waals surface area (Å²) in [6.45, 7) is 5.57. The van der Waals surface area contributed by atoms with Crippen LogP contribution in [0.5, 0.6) is 0 Å². The van der Waals surface area contributed by atoms with Crippen molar-refractivity contribution >= 4 is 29.7 Å². The quantitative estimate of drug-likeness (QED) is 0.427. The first-order valence-corrected chi connectivity index (χ1v) is 9.90. The minimum absolute atomic E-state index is 0.113. The van der Waals surface area contributed by atoms with Gasteiger partial charge in [-0.2, -0.15) is 0 Å². The topological polar surface area (TPSA) is 75.7 Å². The molecule has 0 spiro atoms. The average molecular weight is 378 g/mol. The van der Waals surface area contributed by atoms with Crippen LogP contribution in [0, 0.1) is 5.92 Å². The minimum atomic E-state index is -0.949. The van der Waals surface area contributed by atoms with Gasteiger partial charge in [0.05, 0.1) is 0 Å². The fourth-order valence-corrected chi connectivity index (χ4v) is 3.11. The molecule has 0 unspecified atom stereocenters. The van der Waals surface area contributed by atoms with Crippen LogP contribution < -0.4 is 5.32 Å². The molecule has 1 aliphatic rings. The molecule has 6 nitrogen and oxygen atoms in total. The summed E-state index contributed by atoms with van der Waals surface area (Å²) in [6, 6.07) is 7.13. The Balaban J connectivity index is 1.89. The molecule has 7 heteroatoms. The first kappa shape index (κ1) is 20.3. The second kappa shape index (κ2) is 8.58. The molecule has 1 aromatic rings. The first-order chi connectivity index (χ1) is 12.2. The molecule has 1 heterocycles. The third-order valence-corrected chi connectivity index (χ3v) is 5.16. The normalized spacial score (nSPS) is 19.8. The molecule has 1 aromatic carbocycles. The van der Waals surface area contributed by atoms with Crippen molar-refractivity contribution in [3.63, 3.8) is 0 Å². The zero-order valence-corrected chi connectivity index (χ0v) is 16.5. The lowest BCUT2D eigenvalue weighted by Gasteiger charge is -2.22. The number of hydrogen-bond acceptors (Lipinski definition) is 5. The molecule has 0 radical (unpaired) electrons. The van der Waals surface area contributed by atoms with E-state index in [-0.39, 0.29) is 19.1 Å². The minimum Gasteiger partial charge on any atom is -0.459 e. The van der Waals surface area contributed by atoms with E-state index < -0.39 is 17.5 Å². The predicted octanol–water partition coefficient (Wildman–Crippen LogP) is 3.20. The number of benzene rings is 1. The lowest BCUT2D eigenvalue weighted by Crippen LogP contribution is -2.44. The van der Waals surface area contributed by atoms with E-state index in [2.05, 4.69) is 19.2 Å². The van der Waals surface area contributed by atoms with Crippen molar-refractivity contribution in [1.29, 1.82) is 0 Å². The molecule has 1 atom stereocenters. The lowest BCUT2D eigenvalue weighted by atomic mass is 9.92. The fourth-order valence-electron chi connectivity index (χ4n) is 2.70. The van der Waals surface area contributed by atoms with Gasteiger partial charge in [0.15, 0.2) is 0 Å². The number of carbonyl (C=O) groups excluding carboxylic acids is 3. The summed E-state index contributed by atoms with van der Waals surface area (Å²) in [5.41, 5.74) is -0.0925. The van der Waals surface area contributed by atoms with Crippen LogP contribution >= 0.6 is 11.8 Å². The van der Waals surface area contributed by atoms with Crippen LogP contribution in [0.25, 0.3) is 0 Å². The molecule has 142 valence electrons. The standard InChI is InChI=1S/C19H26N2O4S/c1-13(2)9-10-19(3)17(23)21(18(24)20-19)11-16(22)25-12-14-5-7-15(26-4)8-6-14/h5-8,13H,9-12H2,1-4H3,(H,20,24)/t19-/m1/s1. The second-order valence-electron chi connectivity index (χ2n) is 7.09. The van der Waals surface area contributed by atoms with Crippen LogP contribution in [0.1, 0.15) is 39.2 Å². The summed E-state index contributed by atoms with van der Waals surface area (Å²) in [6.07, 6.45) is 3.34. The number of esters is 1. The summed E-state index contributed by atoms with van der Waals surface area (Å²) < 4.78 is 5.21. The predicted molar refractivity (Wildman–Crippen MR) is 101 cm³/mol. The van der Waals surface area contributed by atoms with Gasteiger partial charge in [0.1, 0.15) is 18.7 Å². The Morgan fingerprint density at radius 1 is 1.27 bits per heavy atom. The molecule has 0 bridgehead atoms. The van der Waals surface area contributed by atoms with Crippen molar-refractivity contribution < 1.29 is 19.1 Å². The Hall–Kier alpha value is -2.02. The zero-order valence-electron chi connectivity index (χ0n) is 15.7. The van der Waals surface area contributed by atoms with E-state index in [9.17, 15) is 14.4 Å². The van der Waals surface area contributed by atoms with Gasteiger partial charge in [-0.25, -0.2) is 4.79 Å². The number of hydrogen-bond donors (Lipinski definition) is 1. The maximum Gasteiger partial charge on any atom is 0.326 e. The van der Waals surface area contributed by atoms with Gasteiger partial charge in [-0.1, -0.05) is 26.0 Å². The van der Waals surface area contributed by atoms with E-state index in [1.165, 1.54) is 0 Å². The molecule has 1 aliphatic heterocycles. The van der Waals surface area contributed by atoms with E-state index in [0.717, 1.165) is 21.8 Å². The number of imide groups is 1. The Labute approximate surface area is 158 Å². The molecule has 1 saturated heterocycles. The van der Waals surface area contributed by atoms with Crippen LogP contribution in [0.4, 0.5) is 4.79 Å². The number of nitrogens with one attached hydrogen (secondary N) is 1. The van der Waals surface area contributed by atoms with Gasteiger partial charge >= 0.3 is 12.0 Å². The Kier molecular flexibility index (Phi) is 6.69. The van der Waals surface area contributed by atoms with Gasteiger partial charge in [0, 0.05) is 4.90 Å². The van der Waals surface area contributed by atoms with Gasteiger partial charge in [0.25, 0.3) is 5.91 Å². The maximum absolute atomic E-state index is 12.6. The van der Waals surface area contributed by atoms with E-state index in [1.807, 2.05) is 30.5 Å². The molecule has 3 amide bonds. The number of nitrogens with zero attached hydrogens (tertiary/aromatic N) is 1. The van der Waals surface area contributed by atoms with E-state index >= 15 is 0 Å². The van der Waals surface area contributed by atoms with Gasteiger partial charge in [-0.05, 0) is 49.6 Å². The first-order valence-electron chi connectivity index (χ1n) is 8.68. The molecule has 26 heavy (non-hydrogen) atoms. The SMILES string of the molecule is CSc1ccc(COC(=O)CN2C(=O)N[C@](C)(CCC(C)C)C2=O)cc1. The molecular formula is C19H26N2O4S. The zero-order chi connectivity index (χ0) is 19.3. The van der Waals surface area contributed by atoms with Crippen molar-refractivity contribution in [1.82, 2.24) is 10.2 Å². The van der Waals surface area contributed by atoms with E-state index in [4.69, 9.17) is 4.74 Å². The number of urea groups is 1. The number of thioether (sulfide) groups is 1. The van der Waals surface area contributed by atoms with Crippen molar-refractivity contribution in [3.8, 4) is 0 Å². The molecule has 0 saturated carbocycles. The summed E-state index contributed by atoms with van der Waals surface area (Å²) in [4.78, 5) is 38.8. The number of ether oxygens (including phenoxy) is 1. The van der Waals surface area contributed by atoms with Crippen LogP contribution in [0.3, 0.4) is 0 Å². The Morgan fingerprint density at radius 3 is 2.50 bits per heavy atom. The maximum atomic E-state index is 12.6. The molecule has 1 fully saturated rings. The largest absolute Gasteiger partial charge is 0.459 e. The number of rotatable bonds is 8. The monoisotopic (exact) mass is 378 g/mol. The van der Waals surface area contributed by atoms with E-state index in [1.54, 1.807) is 18.7 Å². The molecule has 2 rings (SSSR count). The summed E-state index contributed by atoms with van der Waals surface area (Å²) in [5, 5.41) is 2.70. The highest BCUT2D eigenvalue weighted by molar-refractivity contribution is 7.98. The molecule has 0 aliphatic carbocycles. The average Bonchev–Trinajstić information content (AvgIpc) is 2.82. The van der Waals surface area contributed by atoms with Crippen molar-refractivity contribution in [2.75, 3.05) is 12.8 Å². The van der Waals surface area contributed by atoms with Crippen LogP contribution in [0.15, 0.2) is 29.2 Å². The Bertz CT molecular complexity index is 675. The molecular weight excluding hydrogens is 352 g/mol. The number of carbonyl (C=O) groups is 3. The summed E-state index contributed by atoms with van der Waals surface area (Å²) in [5.74, 6) is -0.548. The lowest BCUT2D eigenvalue weighted by molar-refractivity contribution is -0.148. The van der Waals surface area contributed by atoms with Crippen LogP contribution in [-0.4, -0.2) is 41.1 Å². The fraction of sp³-hybridized carbons (Fsp3) is 0.526. The highest BCUT2D eigenvalue weighted by Crippen LogP contribution is 2.24. The van der Waals surface area contributed by atoms with Crippen molar-refractivity contribution in [2.24, 2.45) is 5.92 Å². The Morgan fingerprint density at radius 2 is 1.92 bits per heavy atom. The third-order valence-electron chi connectivity index (χ3n) is 4.41. The van der Waals surface area contributed by atoms with Crippen LogP contribution in [0.2, 0.25) is 0 Å². The highest BCUT2D eigenvalue weighted by Gasteiger charge is 2.48. The van der Waals surface area contributed by atoms with Crippen molar-refractivity contribution in [2.45, 2.75) is 50.7 Å². The highest BCUT2D eigenvalue weighted by atomic mass is 32.2. The summed E-state index contributed by atoms with van der Waals surface area (Å²) >= 11 is 1.63. The van der Waals surface area contributed by atoms with E-state index in [0.29, 0.717) is 12.3 Å². The second-order valence-corrected chi connectivity index (χ2v) is 7.97.